The molecule has 3 rings (SSSR count). The van der Waals surface area contributed by atoms with Crippen LogP contribution in [0.25, 0.3) is 6.08 Å². The van der Waals surface area contributed by atoms with Crippen LogP contribution in [0.15, 0.2) is 42.5 Å². The molecule has 1 aliphatic rings. The number of hydrogen-bond donors (Lipinski definition) is 2. The van der Waals surface area contributed by atoms with Gasteiger partial charge in [-0.3, -0.25) is 9.59 Å². The van der Waals surface area contributed by atoms with E-state index in [1.165, 1.54) is 7.11 Å². The zero-order valence-electron chi connectivity index (χ0n) is 18.0. The number of carbonyl (C=O) groups excluding carboxylic acids is 2. The number of methoxy groups -OCH3 is 1. The Balaban J connectivity index is 1.38. The van der Waals surface area contributed by atoms with E-state index in [1.54, 1.807) is 24.3 Å². The number of phenolic OH excluding ortho intramolecular Hbond substituents is 2. The fourth-order valence-electron chi connectivity index (χ4n) is 4.04. The first kappa shape index (κ1) is 22.6. The van der Waals surface area contributed by atoms with Crippen LogP contribution < -0.4 is 4.74 Å². The number of hydrogen-bond acceptors (Lipinski definition) is 5. The van der Waals surface area contributed by atoms with Crippen LogP contribution in [-0.4, -0.2) is 28.9 Å². The smallest absolute Gasteiger partial charge is 0.160 e. The van der Waals surface area contributed by atoms with Crippen LogP contribution in [0.5, 0.6) is 17.2 Å². The summed E-state index contributed by atoms with van der Waals surface area (Å²) < 4.78 is 5.08. The predicted molar refractivity (Wildman–Crippen MR) is 120 cm³/mol. The predicted octanol–water partition coefficient (Wildman–Crippen LogP) is 5.01. The van der Waals surface area contributed by atoms with Gasteiger partial charge in [-0.15, -0.1) is 0 Å². The third-order valence-electron chi connectivity index (χ3n) is 5.85. The van der Waals surface area contributed by atoms with Crippen molar-refractivity contribution in [3.05, 3.63) is 59.2 Å². The van der Waals surface area contributed by atoms with Crippen LogP contribution in [0.1, 0.15) is 55.2 Å². The van der Waals surface area contributed by atoms with Crippen LogP contribution in [-0.2, 0) is 22.4 Å². The summed E-state index contributed by atoms with van der Waals surface area (Å²) in [7, 11) is 1.48. The van der Waals surface area contributed by atoms with E-state index in [2.05, 4.69) is 6.08 Å². The van der Waals surface area contributed by atoms with E-state index in [0.29, 0.717) is 36.7 Å². The van der Waals surface area contributed by atoms with E-state index in [0.717, 1.165) is 42.4 Å². The SMILES string of the molecule is COc1cc(CCC(=O)CC(=O)CCC[C@@H]2C=Cc3c(O)cccc3CC2)ccc1O. The molecule has 0 amide bonds. The molecular formula is C26H30O5. The van der Waals surface area contributed by atoms with Gasteiger partial charge in [0.2, 0.25) is 0 Å². The third-order valence-corrected chi connectivity index (χ3v) is 5.85. The van der Waals surface area contributed by atoms with E-state index in [9.17, 15) is 19.8 Å². The summed E-state index contributed by atoms with van der Waals surface area (Å²) in [5.74, 6) is 1.07. The number of aromatic hydroxyl groups is 2. The number of benzene rings is 2. The van der Waals surface area contributed by atoms with Gasteiger partial charge in [-0.25, -0.2) is 0 Å². The molecule has 0 bridgehead atoms. The van der Waals surface area contributed by atoms with E-state index < -0.39 is 0 Å². The molecule has 5 heteroatoms. The van der Waals surface area contributed by atoms with Crippen molar-refractivity contribution in [2.45, 2.75) is 51.4 Å². The monoisotopic (exact) mass is 422 g/mol. The number of allylic oxidation sites excluding steroid dienone is 1. The molecule has 5 nitrogen and oxygen atoms in total. The minimum Gasteiger partial charge on any atom is -0.507 e. The van der Waals surface area contributed by atoms with Crippen molar-refractivity contribution in [2.75, 3.05) is 7.11 Å². The Morgan fingerprint density at radius 1 is 1.06 bits per heavy atom. The van der Waals surface area contributed by atoms with E-state index in [-0.39, 0.29) is 23.7 Å². The van der Waals surface area contributed by atoms with Crippen LogP contribution >= 0.6 is 0 Å². The second-order valence-electron chi connectivity index (χ2n) is 8.16. The second kappa shape index (κ2) is 10.8. The van der Waals surface area contributed by atoms with Crippen LogP contribution in [0.4, 0.5) is 0 Å². The average molecular weight is 423 g/mol. The summed E-state index contributed by atoms with van der Waals surface area (Å²) in [5, 5.41) is 19.6. The number of Topliss-reactive ketones (excluding diaryl/α,β-unsaturated/α-hetero) is 2. The molecule has 0 saturated carbocycles. The molecule has 2 aromatic rings. The molecule has 0 heterocycles. The number of rotatable bonds is 10. The van der Waals surface area contributed by atoms with Crippen LogP contribution in [0, 0.1) is 5.92 Å². The van der Waals surface area contributed by atoms with Crippen molar-refractivity contribution in [1.29, 1.82) is 0 Å². The quantitative estimate of drug-likeness (QED) is 0.526. The number of phenols is 2. The third kappa shape index (κ3) is 6.45. The van der Waals surface area contributed by atoms with E-state index in [1.807, 2.05) is 18.2 Å². The van der Waals surface area contributed by atoms with Gasteiger partial charge in [0, 0.05) is 18.4 Å². The molecule has 2 N–H and O–H groups in total. The van der Waals surface area contributed by atoms with E-state index >= 15 is 0 Å². The summed E-state index contributed by atoms with van der Waals surface area (Å²) in [6, 6.07) is 10.6. The summed E-state index contributed by atoms with van der Waals surface area (Å²) in [4.78, 5) is 24.4. The molecular weight excluding hydrogens is 392 g/mol. The van der Waals surface area contributed by atoms with Gasteiger partial charge in [-0.2, -0.15) is 0 Å². The van der Waals surface area contributed by atoms with Crippen molar-refractivity contribution in [3.8, 4) is 17.2 Å². The lowest BCUT2D eigenvalue weighted by molar-refractivity contribution is -0.127. The Morgan fingerprint density at radius 3 is 2.68 bits per heavy atom. The Hall–Kier alpha value is -3.08. The first-order chi connectivity index (χ1) is 15.0. The van der Waals surface area contributed by atoms with E-state index in [4.69, 9.17) is 4.74 Å². The van der Waals surface area contributed by atoms with Crippen molar-refractivity contribution in [2.24, 2.45) is 5.92 Å². The molecule has 0 fully saturated rings. The Bertz CT molecular complexity index is 960. The molecule has 0 aliphatic heterocycles. The average Bonchev–Trinajstić information content (AvgIpc) is 2.96. The van der Waals surface area contributed by atoms with Gasteiger partial charge in [0.15, 0.2) is 11.5 Å². The molecule has 1 aliphatic carbocycles. The summed E-state index contributed by atoms with van der Waals surface area (Å²) in [5.41, 5.74) is 2.95. The second-order valence-corrected chi connectivity index (χ2v) is 8.16. The minimum atomic E-state index is -0.0580. The van der Waals surface area contributed by atoms with Gasteiger partial charge in [-0.05, 0) is 67.3 Å². The maximum Gasteiger partial charge on any atom is 0.160 e. The number of carbonyl (C=O) groups is 2. The van der Waals surface area contributed by atoms with Gasteiger partial charge in [0.25, 0.3) is 0 Å². The van der Waals surface area contributed by atoms with Crippen molar-refractivity contribution in [3.63, 3.8) is 0 Å². The van der Waals surface area contributed by atoms with Crippen molar-refractivity contribution >= 4 is 17.6 Å². The lowest BCUT2D eigenvalue weighted by atomic mass is 9.94. The molecule has 2 aromatic carbocycles. The highest BCUT2D eigenvalue weighted by Crippen LogP contribution is 2.30. The number of ketones is 2. The fraction of sp³-hybridized carbons (Fsp3) is 0.385. The fourth-order valence-corrected chi connectivity index (χ4v) is 4.04. The first-order valence-electron chi connectivity index (χ1n) is 10.8. The minimum absolute atomic E-state index is 0.00758. The van der Waals surface area contributed by atoms with Gasteiger partial charge in [-0.1, -0.05) is 30.4 Å². The van der Waals surface area contributed by atoms with Gasteiger partial charge in [0.1, 0.15) is 17.3 Å². The van der Waals surface area contributed by atoms with Gasteiger partial charge < -0.3 is 14.9 Å². The topological polar surface area (TPSA) is 83.8 Å². The number of aryl methyl sites for hydroxylation is 2. The number of fused-ring (bicyclic) bond motifs is 1. The molecule has 31 heavy (non-hydrogen) atoms. The molecule has 0 spiro atoms. The van der Waals surface area contributed by atoms with Crippen molar-refractivity contribution in [1.82, 2.24) is 0 Å². The van der Waals surface area contributed by atoms with Gasteiger partial charge in [0.05, 0.1) is 13.5 Å². The first-order valence-corrected chi connectivity index (χ1v) is 10.8. The molecule has 0 radical (unpaired) electrons. The highest BCUT2D eigenvalue weighted by Gasteiger charge is 2.15. The largest absolute Gasteiger partial charge is 0.507 e. The maximum atomic E-state index is 12.2. The lowest BCUT2D eigenvalue weighted by Crippen LogP contribution is -2.09. The van der Waals surface area contributed by atoms with Gasteiger partial charge >= 0.3 is 0 Å². The van der Waals surface area contributed by atoms with Crippen LogP contribution in [0.2, 0.25) is 0 Å². The lowest BCUT2D eigenvalue weighted by Gasteiger charge is -2.10. The molecule has 0 aromatic heterocycles. The Kier molecular flexibility index (Phi) is 7.88. The highest BCUT2D eigenvalue weighted by atomic mass is 16.5. The molecule has 0 unspecified atom stereocenters. The highest BCUT2D eigenvalue weighted by molar-refractivity contribution is 5.99. The summed E-state index contributed by atoms with van der Waals surface area (Å²) in [6.45, 7) is 0. The molecule has 1 atom stereocenters. The maximum absolute atomic E-state index is 12.2. The van der Waals surface area contributed by atoms with Crippen molar-refractivity contribution < 1.29 is 24.5 Å². The molecule has 0 saturated heterocycles. The van der Waals surface area contributed by atoms with Crippen LogP contribution in [0.3, 0.4) is 0 Å². The zero-order valence-corrected chi connectivity index (χ0v) is 18.0. The number of ether oxygens (including phenoxy) is 1. The zero-order chi connectivity index (χ0) is 22.2. The standard InChI is InChI=1S/C26H30O5/c1-31-26-16-19(11-15-25(26)30)9-13-22(28)17-21(27)6-2-4-18-8-12-20-5-3-7-24(29)23(20)14-10-18/h3,5,7,10-11,14-16,18,29-30H,2,4,6,8-9,12-13,17H2,1H3/t18-/m0/s1. The Labute approximate surface area is 183 Å². The Morgan fingerprint density at radius 2 is 1.87 bits per heavy atom. The summed E-state index contributed by atoms with van der Waals surface area (Å²) in [6.07, 6.45) is 8.91. The molecule has 164 valence electrons. The summed E-state index contributed by atoms with van der Waals surface area (Å²) >= 11 is 0. The normalized spacial score (nSPS) is 15.2.